The molecule has 0 saturated heterocycles. The number of nitrogens with two attached hydrogens (primary N) is 1. The van der Waals surface area contributed by atoms with Crippen molar-refractivity contribution < 1.29 is 9.37 Å². The van der Waals surface area contributed by atoms with Gasteiger partial charge in [0.2, 0.25) is 0 Å². The highest BCUT2D eigenvalue weighted by molar-refractivity contribution is 5.27. The van der Waals surface area contributed by atoms with E-state index >= 15 is 0 Å². The molecule has 0 amide bonds. The maximum Gasteiger partial charge on any atom is 0.145 e. The van der Waals surface area contributed by atoms with Gasteiger partial charge in [-0.3, -0.25) is 0 Å². The number of benzene rings is 1. The molecule has 0 saturated carbocycles. The van der Waals surface area contributed by atoms with Crippen LogP contribution in [0.4, 0.5) is 0 Å². The van der Waals surface area contributed by atoms with Crippen molar-refractivity contribution in [1.82, 2.24) is 10.3 Å². The van der Waals surface area contributed by atoms with Crippen LogP contribution >= 0.6 is 0 Å². The van der Waals surface area contributed by atoms with Gasteiger partial charge in [0.1, 0.15) is 23.7 Å². The van der Waals surface area contributed by atoms with E-state index in [2.05, 4.69) is 14.9 Å². The van der Waals surface area contributed by atoms with Gasteiger partial charge in [-0.1, -0.05) is 22.4 Å². The molecular weight excluding hydrogens is 218 g/mol. The zero-order valence-electron chi connectivity index (χ0n) is 9.72. The lowest BCUT2D eigenvalue weighted by Gasteiger charge is -2.05. The van der Waals surface area contributed by atoms with Gasteiger partial charge < -0.3 is 10.5 Å². The molecule has 0 bridgehead atoms. The topological polar surface area (TPSA) is 74.2 Å². The number of aromatic nitrogens is 2. The molecule has 2 rings (SSSR count). The highest BCUT2D eigenvalue weighted by Gasteiger charge is 2.05. The lowest BCUT2D eigenvalue weighted by molar-refractivity contribution is 0.270. The molecule has 0 aliphatic heterocycles. The molecular formula is C12H15N3O2. The summed E-state index contributed by atoms with van der Waals surface area (Å²) in [7, 11) is 0. The normalized spacial score (nSPS) is 10.5. The van der Waals surface area contributed by atoms with Crippen molar-refractivity contribution in [2.75, 3.05) is 6.54 Å². The molecule has 0 fully saturated rings. The largest absolute Gasteiger partial charge is 0.487 e. The van der Waals surface area contributed by atoms with Gasteiger partial charge in [0, 0.05) is 0 Å². The average molecular weight is 233 g/mol. The Morgan fingerprint density at radius 2 is 2.00 bits per heavy atom. The van der Waals surface area contributed by atoms with Crippen LogP contribution in [0.1, 0.15) is 17.0 Å². The average Bonchev–Trinajstić information content (AvgIpc) is 2.75. The van der Waals surface area contributed by atoms with Gasteiger partial charge in [-0.05, 0) is 37.6 Å². The summed E-state index contributed by atoms with van der Waals surface area (Å²) >= 11 is 0. The van der Waals surface area contributed by atoms with Crippen LogP contribution in [0.2, 0.25) is 0 Å². The molecule has 0 aliphatic rings. The molecule has 2 N–H and O–H groups in total. The van der Waals surface area contributed by atoms with E-state index in [-0.39, 0.29) is 0 Å². The number of aryl methyl sites for hydroxylation is 1. The third kappa shape index (κ3) is 3.04. The molecule has 17 heavy (non-hydrogen) atoms. The lowest BCUT2D eigenvalue weighted by atomic mass is 10.1. The van der Waals surface area contributed by atoms with E-state index in [0.29, 0.717) is 13.2 Å². The van der Waals surface area contributed by atoms with Crippen molar-refractivity contribution in [3.05, 3.63) is 41.2 Å². The van der Waals surface area contributed by atoms with E-state index in [9.17, 15) is 0 Å². The first-order valence-corrected chi connectivity index (χ1v) is 5.49. The van der Waals surface area contributed by atoms with E-state index in [1.165, 1.54) is 5.56 Å². The first-order chi connectivity index (χ1) is 8.29. The standard InChI is InChI=1S/C12H15N3O2/c1-9-12(15-17-14-9)8-16-11-4-2-10(3-5-11)6-7-13/h2-5H,6-8,13H2,1H3. The molecule has 5 nitrogen and oxygen atoms in total. The van der Waals surface area contributed by atoms with Crippen LogP contribution in [0.15, 0.2) is 28.9 Å². The molecule has 0 radical (unpaired) electrons. The molecule has 1 heterocycles. The van der Waals surface area contributed by atoms with Gasteiger partial charge in [-0.15, -0.1) is 0 Å². The van der Waals surface area contributed by atoms with Crippen molar-refractivity contribution >= 4 is 0 Å². The number of ether oxygens (including phenoxy) is 1. The minimum absolute atomic E-state index is 0.367. The fraction of sp³-hybridized carbons (Fsp3) is 0.333. The summed E-state index contributed by atoms with van der Waals surface area (Å²) in [6.45, 7) is 2.86. The Kier molecular flexibility index (Phi) is 3.72. The van der Waals surface area contributed by atoms with Crippen molar-refractivity contribution in [3.63, 3.8) is 0 Å². The third-order valence-electron chi connectivity index (χ3n) is 2.48. The molecule has 0 unspecified atom stereocenters. The zero-order chi connectivity index (χ0) is 12.1. The van der Waals surface area contributed by atoms with Crippen LogP contribution in [0.5, 0.6) is 5.75 Å². The van der Waals surface area contributed by atoms with Gasteiger partial charge in [-0.25, -0.2) is 4.63 Å². The highest BCUT2D eigenvalue weighted by atomic mass is 16.6. The molecule has 0 atom stereocenters. The SMILES string of the molecule is Cc1nonc1COc1ccc(CCN)cc1. The maximum absolute atomic E-state index is 5.57. The molecule has 1 aromatic heterocycles. The minimum atomic E-state index is 0.367. The van der Waals surface area contributed by atoms with E-state index in [0.717, 1.165) is 23.6 Å². The number of hydrogen-bond donors (Lipinski definition) is 1. The van der Waals surface area contributed by atoms with Crippen molar-refractivity contribution in [1.29, 1.82) is 0 Å². The van der Waals surface area contributed by atoms with E-state index in [1.807, 2.05) is 31.2 Å². The Bertz CT molecular complexity index is 465. The third-order valence-corrected chi connectivity index (χ3v) is 2.48. The summed E-state index contributed by atoms with van der Waals surface area (Å²) in [5.74, 6) is 0.799. The number of rotatable bonds is 5. The van der Waals surface area contributed by atoms with Crippen molar-refractivity contribution in [3.8, 4) is 5.75 Å². The zero-order valence-corrected chi connectivity index (χ0v) is 9.72. The predicted molar refractivity (Wildman–Crippen MR) is 62.6 cm³/mol. The van der Waals surface area contributed by atoms with Gasteiger partial charge >= 0.3 is 0 Å². The van der Waals surface area contributed by atoms with Crippen LogP contribution < -0.4 is 10.5 Å². The fourth-order valence-corrected chi connectivity index (χ4v) is 1.45. The second kappa shape index (κ2) is 5.45. The molecule has 2 aromatic rings. The second-order valence-corrected chi connectivity index (χ2v) is 3.77. The summed E-state index contributed by atoms with van der Waals surface area (Å²) in [4.78, 5) is 0. The Morgan fingerprint density at radius 3 is 2.59 bits per heavy atom. The van der Waals surface area contributed by atoms with E-state index in [1.54, 1.807) is 0 Å². The fourth-order valence-electron chi connectivity index (χ4n) is 1.45. The van der Waals surface area contributed by atoms with Gasteiger partial charge in [0.05, 0.1) is 0 Å². The lowest BCUT2D eigenvalue weighted by Crippen LogP contribution is -2.02. The van der Waals surface area contributed by atoms with E-state index < -0.39 is 0 Å². The maximum atomic E-state index is 5.57. The van der Waals surface area contributed by atoms with Gasteiger partial charge in [0.15, 0.2) is 0 Å². The van der Waals surface area contributed by atoms with Crippen LogP contribution in [-0.4, -0.2) is 16.9 Å². The van der Waals surface area contributed by atoms with Crippen LogP contribution in [0.3, 0.4) is 0 Å². The summed E-state index contributed by atoms with van der Waals surface area (Å²) in [5.41, 5.74) is 8.16. The number of hydrogen-bond acceptors (Lipinski definition) is 5. The Balaban J connectivity index is 1.93. The minimum Gasteiger partial charge on any atom is -0.487 e. The van der Waals surface area contributed by atoms with Crippen molar-refractivity contribution in [2.45, 2.75) is 20.0 Å². The quantitative estimate of drug-likeness (QED) is 0.846. The molecule has 90 valence electrons. The van der Waals surface area contributed by atoms with E-state index in [4.69, 9.17) is 10.5 Å². The predicted octanol–water partition coefficient (Wildman–Crippen LogP) is 1.46. The van der Waals surface area contributed by atoms with Crippen LogP contribution in [-0.2, 0) is 13.0 Å². The first kappa shape index (κ1) is 11.6. The first-order valence-electron chi connectivity index (χ1n) is 5.49. The molecule has 0 spiro atoms. The Hall–Kier alpha value is -1.88. The number of nitrogens with zero attached hydrogens (tertiary/aromatic N) is 2. The molecule has 0 aliphatic carbocycles. The summed E-state index contributed by atoms with van der Waals surface area (Å²) in [6.07, 6.45) is 0.882. The van der Waals surface area contributed by atoms with Gasteiger partial charge in [0.25, 0.3) is 0 Å². The van der Waals surface area contributed by atoms with Crippen molar-refractivity contribution in [2.24, 2.45) is 5.73 Å². The second-order valence-electron chi connectivity index (χ2n) is 3.77. The van der Waals surface area contributed by atoms with Crippen LogP contribution in [0, 0.1) is 6.92 Å². The van der Waals surface area contributed by atoms with Crippen LogP contribution in [0.25, 0.3) is 0 Å². The Morgan fingerprint density at radius 1 is 1.24 bits per heavy atom. The monoisotopic (exact) mass is 233 g/mol. The Labute approximate surface area is 99.5 Å². The highest BCUT2D eigenvalue weighted by Crippen LogP contribution is 2.14. The summed E-state index contributed by atoms with van der Waals surface area (Å²) in [5, 5.41) is 7.44. The smallest absolute Gasteiger partial charge is 0.145 e. The molecule has 5 heteroatoms. The molecule has 1 aromatic carbocycles. The summed E-state index contributed by atoms with van der Waals surface area (Å²) in [6, 6.07) is 7.87. The summed E-state index contributed by atoms with van der Waals surface area (Å²) < 4.78 is 10.2. The van der Waals surface area contributed by atoms with Gasteiger partial charge in [-0.2, -0.15) is 0 Å².